The highest BCUT2D eigenvalue weighted by Crippen LogP contribution is 2.31. The summed E-state index contributed by atoms with van der Waals surface area (Å²) in [5, 5.41) is 3.57. The Kier molecular flexibility index (Phi) is 7.28. The van der Waals surface area contributed by atoms with E-state index in [1.165, 1.54) is 32.1 Å². The summed E-state index contributed by atoms with van der Waals surface area (Å²) < 4.78 is 17.3. The van der Waals surface area contributed by atoms with Crippen LogP contribution in [-0.2, 0) is 14.2 Å². The van der Waals surface area contributed by atoms with Crippen molar-refractivity contribution in [3.05, 3.63) is 0 Å². The van der Waals surface area contributed by atoms with Crippen LogP contribution in [0.3, 0.4) is 0 Å². The van der Waals surface area contributed by atoms with Gasteiger partial charge in [0, 0.05) is 13.2 Å². The molecule has 0 aromatic carbocycles. The molecule has 0 heterocycles. The van der Waals surface area contributed by atoms with E-state index >= 15 is 0 Å². The largest absolute Gasteiger partial charge is 0.382 e. The fourth-order valence-corrected chi connectivity index (χ4v) is 3.18. The molecule has 0 spiro atoms. The Morgan fingerprint density at radius 3 is 2.60 bits per heavy atom. The molecular weight excluding hydrogens is 254 g/mol. The number of hydrogen-bond donors (Lipinski definition) is 1. The first-order valence-electron chi connectivity index (χ1n) is 8.34. The van der Waals surface area contributed by atoms with Gasteiger partial charge < -0.3 is 19.5 Å². The van der Waals surface area contributed by atoms with Gasteiger partial charge in [-0.1, -0.05) is 26.2 Å². The van der Waals surface area contributed by atoms with E-state index in [2.05, 4.69) is 12.2 Å². The third kappa shape index (κ3) is 4.69. The van der Waals surface area contributed by atoms with Crippen LogP contribution in [0.2, 0.25) is 0 Å². The van der Waals surface area contributed by atoms with E-state index < -0.39 is 0 Å². The summed E-state index contributed by atoms with van der Waals surface area (Å²) in [4.78, 5) is 0. The van der Waals surface area contributed by atoms with Crippen molar-refractivity contribution in [3.63, 3.8) is 0 Å². The third-order valence-electron chi connectivity index (χ3n) is 4.42. The second-order valence-electron chi connectivity index (χ2n) is 6.06. The van der Waals surface area contributed by atoms with Gasteiger partial charge >= 0.3 is 0 Å². The highest BCUT2D eigenvalue weighted by molar-refractivity contribution is 4.98. The molecule has 20 heavy (non-hydrogen) atoms. The van der Waals surface area contributed by atoms with Gasteiger partial charge in [-0.2, -0.15) is 0 Å². The summed E-state index contributed by atoms with van der Waals surface area (Å²) in [7, 11) is 1.72. The summed E-state index contributed by atoms with van der Waals surface area (Å²) in [6, 6.07) is 0.459. The van der Waals surface area contributed by atoms with Gasteiger partial charge in [-0.3, -0.25) is 0 Å². The van der Waals surface area contributed by atoms with Crippen LogP contribution in [0, 0.1) is 0 Å². The number of methoxy groups -OCH3 is 1. The Hall–Kier alpha value is -0.160. The number of rotatable bonds is 9. The Morgan fingerprint density at radius 1 is 1.10 bits per heavy atom. The second kappa shape index (κ2) is 8.98. The SMILES string of the molecule is CCCNC1CC(OC2CCCCC2)C1OCCOC. The third-order valence-corrected chi connectivity index (χ3v) is 4.42. The summed E-state index contributed by atoms with van der Waals surface area (Å²) in [6.07, 6.45) is 9.69. The van der Waals surface area contributed by atoms with Crippen LogP contribution in [-0.4, -0.2) is 51.2 Å². The van der Waals surface area contributed by atoms with E-state index in [0.717, 1.165) is 19.4 Å². The Balaban J connectivity index is 1.74. The minimum Gasteiger partial charge on any atom is -0.382 e. The molecule has 0 bridgehead atoms. The molecule has 3 unspecified atom stereocenters. The monoisotopic (exact) mass is 285 g/mol. The van der Waals surface area contributed by atoms with Gasteiger partial charge in [-0.15, -0.1) is 0 Å². The number of nitrogens with one attached hydrogen (secondary N) is 1. The first-order valence-corrected chi connectivity index (χ1v) is 8.34. The van der Waals surface area contributed by atoms with Crippen molar-refractivity contribution >= 4 is 0 Å². The lowest BCUT2D eigenvalue weighted by Gasteiger charge is -2.46. The zero-order valence-electron chi connectivity index (χ0n) is 13.1. The van der Waals surface area contributed by atoms with E-state index in [9.17, 15) is 0 Å². The van der Waals surface area contributed by atoms with Crippen LogP contribution in [0.5, 0.6) is 0 Å². The van der Waals surface area contributed by atoms with Gasteiger partial charge in [0.1, 0.15) is 0 Å². The topological polar surface area (TPSA) is 39.7 Å². The summed E-state index contributed by atoms with van der Waals surface area (Å²) in [5.41, 5.74) is 0. The van der Waals surface area contributed by atoms with E-state index in [4.69, 9.17) is 14.2 Å². The van der Waals surface area contributed by atoms with Crippen molar-refractivity contribution in [1.82, 2.24) is 5.32 Å². The van der Waals surface area contributed by atoms with Crippen LogP contribution in [0.1, 0.15) is 51.9 Å². The molecule has 2 aliphatic rings. The maximum absolute atomic E-state index is 6.27. The quantitative estimate of drug-likeness (QED) is 0.661. The molecule has 2 rings (SSSR count). The molecule has 1 N–H and O–H groups in total. The standard InChI is InChI=1S/C16H31NO3/c1-3-9-17-14-12-15(16(14)19-11-10-18-2)20-13-7-5-4-6-8-13/h13-17H,3-12H2,1-2H3. The number of hydrogen-bond acceptors (Lipinski definition) is 4. The smallest absolute Gasteiger partial charge is 0.0991 e. The molecule has 118 valence electrons. The van der Waals surface area contributed by atoms with Gasteiger partial charge in [0.25, 0.3) is 0 Å². The molecule has 0 amide bonds. The van der Waals surface area contributed by atoms with Crippen molar-refractivity contribution < 1.29 is 14.2 Å². The zero-order chi connectivity index (χ0) is 14.2. The molecule has 2 saturated carbocycles. The zero-order valence-corrected chi connectivity index (χ0v) is 13.1. The Bertz CT molecular complexity index is 256. The molecule has 4 nitrogen and oxygen atoms in total. The normalized spacial score (nSPS) is 31.2. The van der Waals surface area contributed by atoms with Crippen molar-refractivity contribution in [2.45, 2.75) is 76.2 Å². The number of ether oxygens (including phenoxy) is 3. The van der Waals surface area contributed by atoms with Crippen LogP contribution in [0.4, 0.5) is 0 Å². The molecule has 2 aliphatic carbocycles. The first-order chi connectivity index (χ1) is 9.85. The van der Waals surface area contributed by atoms with Gasteiger partial charge in [0.05, 0.1) is 31.5 Å². The Morgan fingerprint density at radius 2 is 1.90 bits per heavy atom. The fraction of sp³-hybridized carbons (Fsp3) is 1.00. The van der Waals surface area contributed by atoms with Gasteiger partial charge in [0.2, 0.25) is 0 Å². The molecule has 0 aliphatic heterocycles. The molecule has 3 atom stereocenters. The van der Waals surface area contributed by atoms with Crippen molar-refractivity contribution in [2.75, 3.05) is 26.9 Å². The van der Waals surface area contributed by atoms with Gasteiger partial charge in [0.15, 0.2) is 0 Å². The highest BCUT2D eigenvalue weighted by Gasteiger charge is 2.43. The average molecular weight is 285 g/mol. The maximum Gasteiger partial charge on any atom is 0.0991 e. The predicted molar refractivity (Wildman–Crippen MR) is 80.1 cm³/mol. The van der Waals surface area contributed by atoms with E-state index in [1.54, 1.807) is 7.11 Å². The van der Waals surface area contributed by atoms with Gasteiger partial charge in [-0.25, -0.2) is 0 Å². The van der Waals surface area contributed by atoms with Crippen molar-refractivity contribution in [2.24, 2.45) is 0 Å². The summed E-state index contributed by atoms with van der Waals surface area (Å²) in [6.45, 7) is 4.58. The lowest BCUT2D eigenvalue weighted by atomic mass is 9.84. The molecule has 4 heteroatoms. The second-order valence-corrected chi connectivity index (χ2v) is 6.06. The minimum absolute atomic E-state index is 0.207. The van der Waals surface area contributed by atoms with E-state index in [0.29, 0.717) is 25.4 Å². The van der Waals surface area contributed by atoms with Crippen LogP contribution >= 0.6 is 0 Å². The lowest BCUT2D eigenvalue weighted by molar-refractivity contribution is -0.175. The molecule has 0 saturated heterocycles. The van der Waals surface area contributed by atoms with Crippen LogP contribution in [0.15, 0.2) is 0 Å². The van der Waals surface area contributed by atoms with E-state index in [-0.39, 0.29) is 12.2 Å². The summed E-state index contributed by atoms with van der Waals surface area (Å²) >= 11 is 0. The molecule has 0 radical (unpaired) electrons. The molecular formula is C16H31NO3. The lowest BCUT2D eigenvalue weighted by Crippen LogP contribution is -2.61. The molecule has 0 aromatic heterocycles. The minimum atomic E-state index is 0.207. The summed E-state index contributed by atoms with van der Waals surface area (Å²) in [5.74, 6) is 0. The van der Waals surface area contributed by atoms with Crippen molar-refractivity contribution in [1.29, 1.82) is 0 Å². The molecule has 0 aromatic rings. The Labute approximate surface area is 123 Å². The average Bonchev–Trinajstić information content (AvgIpc) is 2.47. The van der Waals surface area contributed by atoms with Crippen LogP contribution in [0.25, 0.3) is 0 Å². The maximum atomic E-state index is 6.27. The highest BCUT2D eigenvalue weighted by atomic mass is 16.6. The molecule has 2 fully saturated rings. The van der Waals surface area contributed by atoms with Crippen LogP contribution < -0.4 is 5.32 Å². The van der Waals surface area contributed by atoms with E-state index in [1.807, 2.05) is 0 Å². The fourth-order valence-electron chi connectivity index (χ4n) is 3.18. The predicted octanol–water partition coefficient (Wildman–Crippen LogP) is 2.51. The first kappa shape index (κ1) is 16.2. The van der Waals surface area contributed by atoms with Crippen molar-refractivity contribution in [3.8, 4) is 0 Å². The van der Waals surface area contributed by atoms with Gasteiger partial charge in [-0.05, 0) is 32.2 Å².